The van der Waals surface area contributed by atoms with Crippen molar-refractivity contribution >= 4 is 52.1 Å². The average Bonchev–Trinajstić information content (AvgIpc) is 3.21. The van der Waals surface area contributed by atoms with E-state index in [1.165, 1.54) is 0 Å². The number of amides is 1. The molecular formula is C21H21Cl3N4O. The van der Waals surface area contributed by atoms with E-state index < -0.39 is 0 Å². The van der Waals surface area contributed by atoms with Crippen LogP contribution in [0.3, 0.4) is 0 Å². The first-order valence-electron chi connectivity index (χ1n) is 9.65. The van der Waals surface area contributed by atoms with Gasteiger partial charge in [0.05, 0.1) is 16.8 Å². The Morgan fingerprint density at radius 1 is 1.00 bits per heavy atom. The lowest BCUT2D eigenvalue weighted by Gasteiger charge is -2.37. The van der Waals surface area contributed by atoms with Crippen molar-refractivity contribution in [2.75, 3.05) is 18.1 Å². The van der Waals surface area contributed by atoms with Gasteiger partial charge in [-0.2, -0.15) is 5.10 Å². The highest BCUT2D eigenvalue weighted by molar-refractivity contribution is 6.45. The summed E-state index contributed by atoms with van der Waals surface area (Å²) in [6.45, 7) is 1.60. The Labute approximate surface area is 185 Å². The fourth-order valence-electron chi connectivity index (χ4n) is 3.71. The molecule has 152 valence electrons. The first-order valence-corrected chi connectivity index (χ1v) is 10.8. The van der Waals surface area contributed by atoms with E-state index in [1.54, 1.807) is 23.2 Å². The maximum absolute atomic E-state index is 13.5. The predicted octanol–water partition coefficient (Wildman–Crippen LogP) is 5.47. The van der Waals surface area contributed by atoms with Crippen LogP contribution in [0.5, 0.6) is 0 Å². The average molecular weight is 452 g/mol. The molecule has 8 heteroatoms. The topological polar surface area (TPSA) is 47.9 Å². The number of hydrogen-bond donors (Lipinski definition) is 1. The SMILES string of the molecule is O=C(C1=NN[C@@H](c2ccc(Cl)cc2)C1)N(c1ccc(Cl)cc1Cl)N1CCCCC1. The van der Waals surface area contributed by atoms with Crippen LogP contribution in [0.2, 0.25) is 15.1 Å². The van der Waals surface area contributed by atoms with Gasteiger partial charge in [-0.15, -0.1) is 0 Å². The van der Waals surface area contributed by atoms with Crippen molar-refractivity contribution in [2.45, 2.75) is 31.7 Å². The van der Waals surface area contributed by atoms with Gasteiger partial charge in [0.1, 0.15) is 5.71 Å². The van der Waals surface area contributed by atoms with Gasteiger partial charge in [0.15, 0.2) is 0 Å². The highest BCUT2D eigenvalue weighted by atomic mass is 35.5. The monoisotopic (exact) mass is 450 g/mol. The zero-order valence-electron chi connectivity index (χ0n) is 15.7. The largest absolute Gasteiger partial charge is 0.302 e. The normalized spacial score (nSPS) is 19.6. The molecule has 0 unspecified atom stereocenters. The Balaban J connectivity index is 1.59. The third-order valence-electron chi connectivity index (χ3n) is 5.22. The lowest BCUT2D eigenvalue weighted by Crippen LogP contribution is -2.51. The molecule has 0 bridgehead atoms. The molecule has 4 rings (SSSR count). The number of hydrogen-bond acceptors (Lipinski definition) is 4. The molecule has 1 N–H and O–H groups in total. The second-order valence-electron chi connectivity index (χ2n) is 7.22. The Morgan fingerprint density at radius 3 is 2.38 bits per heavy atom. The Hall–Kier alpha value is -1.79. The van der Waals surface area contributed by atoms with E-state index in [0.29, 0.717) is 32.9 Å². The summed E-state index contributed by atoms with van der Waals surface area (Å²) in [6, 6.07) is 12.7. The highest BCUT2D eigenvalue weighted by Crippen LogP contribution is 2.32. The molecule has 1 amide bonds. The van der Waals surface area contributed by atoms with Crippen LogP contribution >= 0.6 is 34.8 Å². The summed E-state index contributed by atoms with van der Waals surface area (Å²) in [5, 5.41) is 9.73. The first kappa shape index (κ1) is 20.5. The molecule has 2 heterocycles. The summed E-state index contributed by atoms with van der Waals surface area (Å²) in [5.74, 6) is -0.167. The van der Waals surface area contributed by atoms with Crippen molar-refractivity contribution in [3.8, 4) is 0 Å². The fourth-order valence-corrected chi connectivity index (χ4v) is 4.32. The number of anilines is 1. The Morgan fingerprint density at radius 2 is 1.69 bits per heavy atom. The molecule has 0 radical (unpaired) electrons. The van der Waals surface area contributed by atoms with Gasteiger partial charge >= 0.3 is 0 Å². The van der Waals surface area contributed by atoms with Gasteiger partial charge in [-0.1, -0.05) is 53.4 Å². The smallest absolute Gasteiger partial charge is 0.289 e. The van der Waals surface area contributed by atoms with E-state index in [4.69, 9.17) is 34.8 Å². The summed E-state index contributed by atoms with van der Waals surface area (Å²) in [4.78, 5) is 13.5. The number of hydrazine groups is 1. The fraction of sp³-hybridized carbons (Fsp3) is 0.333. The van der Waals surface area contributed by atoms with Gasteiger partial charge in [0.25, 0.3) is 5.91 Å². The number of benzene rings is 2. The van der Waals surface area contributed by atoms with Crippen molar-refractivity contribution in [1.82, 2.24) is 10.4 Å². The summed E-state index contributed by atoms with van der Waals surface area (Å²) >= 11 is 18.5. The first-order chi connectivity index (χ1) is 14.0. The minimum atomic E-state index is -0.167. The summed E-state index contributed by atoms with van der Waals surface area (Å²) in [7, 11) is 0. The maximum atomic E-state index is 13.5. The second-order valence-corrected chi connectivity index (χ2v) is 8.50. The van der Waals surface area contributed by atoms with Gasteiger partial charge in [0.2, 0.25) is 0 Å². The zero-order valence-corrected chi connectivity index (χ0v) is 18.0. The lowest BCUT2D eigenvalue weighted by molar-refractivity contribution is -0.115. The molecule has 0 saturated carbocycles. The Kier molecular flexibility index (Phi) is 6.30. The molecule has 1 saturated heterocycles. The van der Waals surface area contributed by atoms with Crippen LogP contribution in [0.25, 0.3) is 0 Å². The van der Waals surface area contributed by atoms with Crippen LogP contribution in [0.1, 0.15) is 37.3 Å². The molecule has 5 nitrogen and oxygen atoms in total. The number of halogens is 3. The van der Waals surface area contributed by atoms with Gasteiger partial charge in [-0.05, 0) is 48.7 Å². The third-order valence-corrected chi connectivity index (χ3v) is 6.01. The highest BCUT2D eigenvalue weighted by Gasteiger charge is 2.33. The number of piperidine rings is 1. The summed E-state index contributed by atoms with van der Waals surface area (Å²) in [5.41, 5.74) is 5.22. The van der Waals surface area contributed by atoms with E-state index in [1.807, 2.05) is 24.3 Å². The standard InChI is InChI=1S/C21H21Cl3N4O/c22-15-6-4-14(5-7-15)18-13-19(26-25-18)21(29)28(27-10-2-1-3-11-27)20-9-8-16(23)12-17(20)24/h4-9,12,18,25H,1-3,10-11,13H2/t18-/m1/s1. The Bertz CT molecular complexity index is 926. The molecule has 2 aromatic rings. The molecule has 2 aliphatic heterocycles. The van der Waals surface area contributed by atoms with E-state index in [9.17, 15) is 4.79 Å². The van der Waals surface area contributed by atoms with Crippen LogP contribution in [-0.4, -0.2) is 29.7 Å². The molecule has 0 aliphatic carbocycles. The van der Waals surface area contributed by atoms with Crippen LogP contribution in [0.4, 0.5) is 5.69 Å². The third kappa shape index (κ3) is 4.53. The van der Waals surface area contributed by atoms with Crippen molar-refractivity contribution in [1.29, 1.82) is 0 Å². The molecule has 29 heavy (non-hydrogen) atoms. The van der Waals surface area contributed by atoms with Crippen LogP contribution in [0.15, 0.2) is 47.6 Å². The van der Waals surface area contributed by atoms with Gasteiger partial charge < -0.3 is 5.43 Å². The molecule has 0 spiro atoms. The minimum absolute atomic E-state index is 0.0601. The van der Waals surface area contributed by atoms with Crippen molar-refractivity contribution in [2.24, 2.45) is 5.10 Å². The van der Waals surface area contributed by atoms with Gasteiger partial charge in [0, 0.05) is 29.6 Å². The molecule has 0 aromatic heterocycles. The van der Waals surface area contributed by atoms with E-state index in [2.05, 4.69) is 15.5 Å². The number of nitrogens with zero attached hydrogens (tertiary/aromatic N) is 3. The van der Waals surface area contributed by atoms with Crippen molar-refractivity contribution < 1.29 is 4.79 Å². The van der Waals surface area contributed by atoms with E-state index in [0.717, 1.165) is 37.9 Å². The van der Waals surface area contributed by atoms with Crippen LogP contribution < -0.4 is 10.4 Å². The molecule has 1 fully saturated rings. The number of rotatable bonds is 4. The molecule has 2 aromatic carbocycles. The van der Waals surface area contributed by atoms with Gasteiger partial charge in [-0.25, -0.2) is 10.0 Å². The number of hydrazone groups is 1. The van der Waals surface area contributed by atoms with Gasteiger partial charge in [-0.3, -0.25) is 4.79 Å². The van der Waals surface area contributed by atoms with Crippen molar-refractivity contribution in [3.05, 3.63) is 63.1 Å². The van der Waals surface area contributed by atoms with Crippen LogP contribution in [-0.2, 0) is 4.79 Å². The molecule has 1 atom stereocenters. The number of nitrogens with one attached hydrogen (secondary N) is 1. The predicted molar refractivity (Wildman–Crippen MR) is 119 cm³/mol. The molecule has 2 aliphatic rings. The van der Waals surface area contributed by atoms with E-state index in [-0.39, 0.29) is 11.9 Å². The zero-order chi connectivity index (χ0) is 20.4. The maximum Gasteiger partial charge on any atom is 0.289 e. The minimum Gasteiger partial charge on any atom is -0.302 e. The number of carbonyl (C=O) groups is 1. The second kappa shape index (κ2) is 8.92. The summed E-state index contributed by atoms with van der Waals surface area (Å²) in [6.07, 6.45) is 3.73. The molecular weight excluding hydrogens is 431 g/mol. The lowest BCUT2D eigenvalue weighted by atomic mass is 10.0. The summed E-state index contributed by atoms with van der Waals surface area (Å²) < 4.78 is 0. The van der Waals surface area contributed by atoms with Crippen LogP contribution in [0, 0.1) is 0 Å². The number of carbonyl (C=O) groups excluding carboxylic acids is 1. The van der Waals surface area contributed by atoms with E-state index >= 15 is 0 Å². The van der Waals surface area contributed by atoms with Crippen molar-refractivity contribution in [3.63, 3.8) is 0 Å². The quantitative estimate of drug-likeness (QED) is 0.670.